The van der Waals surface area contributed by atoms with Gasteiger partial charge in [0.15, 0.2) is 0 Å². The fraction of sp³-hybridized carbons (Fsp3) is 0.125. The van der Waals surface area contributed by atoms with Crippen molar-refractivity contribution in [3.05, 3.63) is 59.4 Å². The lowest BCUT2D eigenvalue weighted by Crippen LogP contribution is -2.12. The number of anilines is 1. The van der Waals surface area contributed by atoms with Crippen LogP contribution in [0.15, 0.2) is 42.7 Å². The van der Waals surface area contributed by atoms with Crippen LogP contribution in [-0.4, -0.2) is 22.6 Å². The lowest BCUT2D eigenvalue weighted by Gasteiger charge is -2.07. The summed E-state index contributed by atoms with van der Waals surface area (Å²) in [4.78, 5) is 15.9. The highest BCUT2D eigenvalue weighted by Gasteiger charge is 2.06. The maximum absolute atomic E-state index is 12.0. The van der Waals surface area contributed by atoms with E-state index in [-0.39, 0.29) is 12.5 Å². The molecule has 0 aliphatic heterocycles. The normalized spacial score (nSPS) is 9.50. The molecule has 20 heavy (non-hydrogen) atoms. The van der Waals surface area contributed by atoms with Gasteiger partial charge in [-0.05, 0) is 36.8 Å². The van der Waals surface area contributed by atoms with E-state index in [1.54, 1.807) is 24.4 Å². The zero-order valence-electron chi connectivity index (χ0n) is 11.1. The van der Waals surface area contributed by atoms with Crippen LogP contribution in [0, 0.1) is 18.8 Å². The van der Waals surface area contributed by atoms with E-state index in [4.69, 9.17) is 5.11 Å². The Labute approximate surface area is 117 Å². The number of benzene rings is 1. The second kappa shape index (κ2) is 6.50. The van der Waals surface area contributed by atoms with Crippen molar-refractivity contribution in [2.45, 2.75) is 6.92 Å². The molecule has 1 amide bonds. The van der Waals surface area contributed by atoms with Crippen LogP contribution in [0.4, 0.5) is 5.69 Å². The van der Waals surface area contributed by atoms with E-state index in [1.807, 2.05) is 19.1 Å². The van der Waals surface area contributed by atoms with Crippen molar-refractivity contribution in [2.75, 3.05) is 11.9 Å². The van der Waals surface area contributed by atoms with E-state index in [1.165, 1.54) is 6.20 Å². The van der Waals surface area contributed by atoms with E-state index in [0.29, 0.717) is 11.3 Å². The second-order valence-electron chi connectivity index (χ2n) is 4.19. The Hall–Kier alpha value is -2.64. The molecule has 1 aromatic carbocycles. The molecular formula is C16H14N2O2. The molecule has 0 spiro atoms. The van der Waals surface area contributed by atoms with Gasteiger partial charge in [-0.1, -0.05) is 17.9 Å². The van der Waals surface area contributed by atoms with E-state index in [2.05, 4.69) is 22.1 Å². The van der Waals surface area contributed by atoms with Gasteiger partial charge in [-0.2, -0.15) is 0 Å². The Morgan fingerprint density at radius 3 is 2.95 bits per heavy atom. The zero-order chi connectivity index (χ0) is 14.4. The molecular weight excluding hydrogens is 252 g/mol. The first-order valence-electron chi connectivity index (χ1n) is 6.12. The molecule has 0 saturated heterocycles. The lowest BCUT2D eigenvalue weighted by atomic mass is 10.1. The van der Waals surface area contributed by atoms with Crippen LogP contribution in [0.3, 0.4) is 0 Å². The number of pyridine rings is 1. The van der Waals surface area contributed by atoms with Gasteiger partial charge in [0.05, 0.1) is 5.56 Å². The minimum atomic E-state index is -0.219. The molecule has 0 aliphatic carbocycles. The van der Waals surface area contributed by atoms with Crippen molar-refractivity contribution < 1.29 is 9.90 Å². The van der Waals surface area contributed by atoms with Crippen molar-refractivity contribution in [3.63, 3.8) is 0 Å². The highest BCUT2D eigenvalue weighted by molar-refractivity contribution is 6.04. The third-order valence-corrected chi connectivity index (χ3v) is 2.72. The molecule has 0 aliphatic rings. The molecule has 1 heterocycles. The molecule has 0 bridgehead atoms. The maximum atomic E-state index is 12.0. The van der Waals surface area contributed by atoms with Gasteiger partial charge in [0.1, 0.15) is 6.61 Å². The molecule has 0 unspecified atom stereocenters. The summed E-state index contributed by atoms with van der Waals surface area (Å²) >= 11 is 0. The summed E-state index contributed by atoms with van der Waals surface area (Å²) in [6.07, 6.45) is 3.13. The van der Waals surface area contributed by atoms with E-state index < -0.39 is 0 Å². The molecule has 0 saturated carbocycles. The standard InChI is InChI=1S/C16H14N2O2/c1-12-6-7-15(10-13(12)5-3-9-19)18-16(20)14-4-2-8-17-11-14/h2,4,6-8,10-11,19H,9H2,1H3,(H,18,20). The van der Waals surface area contributed by atoms with Gasteiger partial charge >= 0.3 is 0 Å². The molecule has 4 heteroatoms. The van der Waals surface area contributed by atoms with E-state index in [0.717, 1.165) is 11.1 Å². The number of hydrogen-bond acceptors (Lipinski definition) is 3. The fourth-order valence-corrected chi connectivity index (χ4v) is 1.67. The number of nitrogens with zero attached hydrogens (tertiary/aromatic N) is 1. The van der Waals surface area contributed by atoms with Gasteiger partial charge in [-0.25, -0.2) is 0 Å². The van der Waals surface area contributed by atoms with Crippen molar-refractivity contribution >= 4 is 11.6 Å². The van der Waals surface area contributed by atoms with Gasteiger partial charge in [-0.3, -0.25) is 9.78 Å². The summed E-state index contributed by atoms with van der Waals surface area (Å²) in [5.74, 6) is 5.23. The number of nitrogens with one attached hydrogen (secondary N) is 1. The highest BCUT2D eigenvalue weighted by atomic mass is 16.2. The first-order chi connectivity index (χ1) is 9.70. The predicted octanol–water partition coefficient (Wildman–Crippen LogP) is 1.99. The number of aryl methyl sites for hydroxylation is 1. The quantitative estimate of drug-likeness (QED) is 0.817. The molecule has 100 valence electrons. The monoisotopic (exact) mass is 266 g/mol. The van der Waals surface area contributed by atoms with Gasteiger partial charge in [0.25, 0.3) is 5.91 Å². The number of carbonyl (C=O) groups is 1. The summed E-state index contributed by atoms with van der Waals surface area (Å²) in [5, 5.41) is 11.5. The van der Waals surface area contributed by atoms with Crippen LogP contribution >= 0.6 is 0 Å². The summed E-state index contributed by atoms with van der Waals surface area (Å²) in [6.45, 7) is 1.74. The third kappa shape index (κ3) is 3.44. The average Bonchev–Trinajstić information content (AvgIpc) is 2.48. The first-order valence-corrected chi connectivity index (χ1v) is 6.12. The highest BCUT2D eigenvalue weighted by Crippen LogP contribution is 2.15. The molecule has 0 radical (unpaired) electrons. The van der Waals surface area contributed by atoms with Crippen LogP contribution < -0.4 is 5.32 Å². The Bertz CT molecular complexity index is 670. The largest absolute Gasteiger partial charge is 0.384 e. The van der Waals surface area contributed by atoms with Crippen LogP contribution in [-0.2, 0) is 0 Å². The topological polar surface area (TPSA) is 62.2 Å². The van der Waals surface area contributed by atoms with Crippen molar-refractivity contribution in [3.8, 4) is 11.8 Å². The average molecular weight is 266 g/mol. The Kier molecular flexibility index (Phi) is 4.48. The lowest BCUT2D eigenvalue weighted by molar-refractivity contribution is 0.102. The zero-order valence-corrected chi connectivity index (χ0v) is 11.1. The predicted molar refractivity (Wildman–Crippen MR) is 77.3 cm³/mol. The Morgan fingerprint density at radius 2 is 2.25 bits per heavy atom. The smallest absolute Gasteiger partial charge is 0.257 e. The van der Waals surface area contributed by atoms with Gasteiger partial charge in [-0.15, -0.1) is 0 Å². The molecule has 0 atom stereocenters. The van der Waals surface area contributed by atoms with Gasteiger partial charge < -0.3 is 10.4 Å². The SMILES string of the molecule is Cc1ccc(NC(=O)c2cccnc2)cc1C#CCO. The minimum absolute atomic E-state index is 0.189. The summed E-state index contributed by atoms with van der Waals surface area (Å²) in [7, 11) is 0. The Morgan fingerprint density at radius 1 is 1.40 bits per heavy atom. The second-order valence-corrected chi connectivity index (χ2v) is 4.19. The Balaban J connectivity index is 2.20. The maximum Gasteiger partial charge on any atom is 0.257 e. The van der Waals surface area contributed by atoms with Crippen LogP contribution in [0.1, 0.15) is 21.5 Å². The number of aliphatic hydroxyl groups is 1. The van der Waals surface area contributed by atoms with Gasteiger partial charge in [0.2, 0.25) is 0 Å². The van der Waals surface area contributed by atoms with Gasteiger partial charge in [0, 0.05) is 23.6 Å². The van der Waals surface area contributed by atoms with E-state index in [9.17, 15) is 4.79 Å². The van der Waals surface area contributed by atoms with Crippen molar-refractivity contribution in [1.82, 2.24) is 4.98 Å². The van der Waals surface area contributed by atoms with Crippen LogP contribution in [0.25, 0.3) is 0 Å². The molecule has 2 aromatic rings. The molecule has 2 rings (SSSR count). The summed E-state index contributed by atoms with van der Waals surface area (Å²) in [5.41, 5.74) is 2.93. The molecule has 4 nitrogen and oxygen atoms in total. The number of hydrogen-bond donors (Lipinski definition) is 2. The van der Waals surface area contributed by atoms with Crippen LogP contribution in [0.2, 0.25) is 0 Å². The number of amides is 1. The number of carbonyl (C=O) groups excluding carboxylic acids is 1. The van der Waals surface area contributed by atoms with Crippen molar-refractivity contribution in [2.24, 2.45) is 0 Å². The third-order valence-electron chi connectivity index (χ3n) is 2.72. The number of aromatic nitrogens is 1. The number of aliphatic hydroxyl groups excluding tert-OH is 1. The van der Waals surface area contributed by atoms with E-state index >= 15 is 0 Å². The van der Waals surface area contributed by atoms with Crippen molar-refractivity contribution in [1.29, 1.82) is 0 Å². The van der Waals surface area contributed by atoms with Crippen LogP contribution in [0.5, 0.6) is 0 Å². The molecule has 2 N–H and O–H groups in total. The summed E-state index contributed by atoms with van der Waals surface area (Å²) < 4.78 is 0. The fourth-order valence-electron chi connectivity index (χ4n) is 1.67. The first kappa shape index (κ1) is 13.8. The summed E-state index contributed by atoms with van der Waals surface area (Å²) in [6, 6.07) is 8.88. The molecule has 1 aromatic heterocycles. The minimum Gasteiger partial charge on any atom is -0.384 e. The number of rotatable bonds is 2. The molecule has 0 fully saturated rings.